The summed E-state index contributed by atoms with van der Waals surface area (Å²) in [5, 5.41) is 11.8. The fourth-order valence-electron chi connectivity index (χ4n) is 3.43. The van der Waals surface area contributed by atoms with Crippen molar-refractivity contribution in [3.8, 4) is 11.1 Å². The highest BCUT2D eigenvalue weighted by atomic mass is 31.2. The second-order valence-corrected chi connectivity index (χ2v) is 8.66. The third-order valence-corrected chi connectivity index (χ3v) is 6.97. The van der Waals surface area contributed by atoms with Crippen molar-refractivity contribution in [3.63, 3.8) is 0 Å². The molecular weight excluding hydrogens is 399 g/mol. The monoisotopic (exact) mass is 421 g/mol. The zero-order valence-corrected chi connectivity index (χ0v) is 17.4. The normalized spacial score (nSPS) is 21.6. The number of pyridine rings is 1. The molecule has 1 aliphatic heterocycles. The smallest absolute Gasteiger partial charge is 0.448 e. The Hall–Kier alpha value is -2.45. The van der Waals surface area contributed by atoms with Crippen LogP contribution in [0.3, 0.4) is 0 Å². The van der Waals surface area contributed by atoms with Crippen LogP contribution in [-0.2, 0) is 13.8 Å². The van der Waals surface area contributed by atoms with Gasteiger partial charge < -0.3 is 4.74 Å². The maximum Gasteiger partial charge on any atom is 0.448 e. The summed E-state index contributed by atoms with van der Waals surface area (Å²) in [6.45, 7) is 5.31. The van der Waals surface area contributed by atoms with E-state index in [2.05, 4.69) is 4.98 Å². The zero-order valence-electron chi connectivity index (χ0n) is 16.5. The van der Waals surface area contributed by atoms with Crippen molar-refractivity contribution in [1.29, 1.82) is 0 Å². The summed E-state index contributed by atoms with van der Waals surface area (Å²) in [6, 6.07) is 5.99. The molecule has 0 radical (unpaired) electrons. The minimum atomic E-state index is -3.65. The van der Waals surface area contributed by atoms with E-state index in [1.165, 1.54) is 25.3 Å². The lowest BCUT2D eigenvalue weighted by Crippen LogP contribution is -2.31. The number of rotatable bonds is 4. The largest absolute Gasteiger partial charge is 0.465 e. The van der Waals surface area contributed by atoms with Crippen LogP contribution in [0, 0.1) is 24.0 Å². The number of nitrogens with zero attached hydrogens (tertiary/aromatic N) is 2. The molecule has 1 saturated heterocycles. The van der Waals surface area contributed by atoms with Gasteiger partial charge in [-0.3, -0.25) is 15.1 Å². The Morgan fingerprint density at radius 2 is 2.03 bits per heavy atom. The van der Waals surface area contributed by atoms with Gasteiger partial charge in [0.2, 0.25) is 5.30 Å². The van der Waals surface area contributed by atoms with Gasteiger partial charge in [0.05, 0.1) is 40.1 Å². The van der Waals surface area contributed by atoms with Gasteiger partial charge in [0.15, 0.2) is 0 Å². The number of hydrogen-bond acceptors (Lipinski definition) is 8. The van der Waals surface area contributed by atoms with Crippen molar-refractivity contribution in [2.75, 3.05) is 13.7 Å². The van der Waals surface area contributed by atoms with Crippen LogP contribution in [0.1, 0.15) is 35.1 Å². The van der Waals surface area contributed by atoms with Gasteiger partial charge in [0.25, 0.3) is 5.69 Å². The van der Waals surface area contributed by atoms with Crippen LogP contribution in [0.2, 0.25) is 0 Å². The molecule has 0 saturated carbocycles. The number of nitro groups is 1. The summed E-state index contributed by atoms with van der Waals surface area (Å²) in [6.07, 6.45) is 0.300. The fourth-order valence-corrected chi connectivity index (χ4v) is 5.65. The molecular formula is C19H22N2O7P+. The number of ether oxygens (including phenoxy) is 1. The van der Waals surface area contributed by atoms with E-state index in [0.717, 1.165) is 0 Å². The predicted octanol–water partition coefficient (Wildman–Crippen LogP) is 3.27. The topological polar surface area (TPSA) is 121 Å². The maximum atomic E-state index is 12.6. The first-order chi connectivity index (χ1) is 13.7. The molecule has 2 heterocycles. The molecule has 1 aliphatic rings. The minimum Gasteiger partial charge on any atom is -0.465 e. The van der Waals surface area contributed by atoms with Gasteiger partial charge in [-0.15, -0.1) is 0 Å². The predicted molar refractivity (Wildman–Crippen MR) is 107 cm³/mol. The molecule has 29 heavy (non-hydrogen) atoms. The van der Waals surface area contributed by atoms with E-state index in [1.54, 1.807) is 26.8 Å². The first kappa shape index (κ1) is 21.3. The van der Waals surface area contributed by atoms with Crippen LogP contribution in [-0.4, -0.2) is 40.6 Å². The number of aryl methyl sites for hydroxylation is 2. The van der Waals surface area contributed by atoms with Crippen molar-refractivity contribution in [1.82, 2.24) is 4.98 Å². The molecule has 2 unspecified atom stereocenters. The SMILES string of the molecule is COC(=O)c1c(C)nc(C)c([P+]2(O)OCCC(C)O2)c1-c1ccccc1[N+](=O)[O-]. The lowest BCUT2D eigenvalue weighted by atomic mass is 9.96. The Morgan fingerprint density at radius 1 is 1.34 bits per heavy atom. The lowest BCUT2D eigenvalue weighted by molar-refractivity contribution is -0.384. The van der Waals surface area contributed by atoms with Crippen LogP contribution in [0.4, 0.5) is 5.69 Å². The molecule has 0 spiro atoms. The van der Waals surface area contributed by atoms with E-state index in [9.17, 15) is 19.8 Å². The van der Waals surface area contributed by atoms with E-state index in [1.807, 2.05) is 0 Å². The number of para-hydroxylation sites is 1. The zero-order chi connectivity index (χ0) is 21.3. The van der Waals surface area contributed by atoms with Gasteiger partial charge in [-0.2, -0.15) is 13.9 Å². The average molecular weight is 421 g/mol. The Morgan fingerprint density at radius 3 is 2.66 bits per heavy atom. The van der Waals surface area contributed by atoms with Gasteiger partial charge >= 0.3 is 13.9 Å². The molecule has 10 heteroatoms. The molecule has 3 rings (SSSR count). The maximum absolute atomic E-state index is 12.6. The molecule has 1 aromatic heterocycles. The van der Waals surface area contributed by atoms with Crippen molar-refractivity contribution in [2.24, 2.45) is 0 Å². The van der Waals surface area contributed by atoms with E-state index in [4.69, 9.17) is 13.8 Å². The number of methoxy groups -OCH3 is 1. The second kappa shape index (κ2) is 8.12. The fraction of sp³-hybridized carbons (Fsp3) is 0.368. The Balaban J connectivity index is 2.44. The third kappa shape index (κ3) is 3.86. The molecule has 0 aliphatic carbocycles. The first-order valence-electron chi connectivity index (χ1n) is 8.98. The number of carbonyl (C=O) groups is 1. The lowest BCUT2D eigenvalue weighted by Gasteiger charge is -2.28. The molecule has 9 nitrogen and oxygen atoms in total. The summed E-state index contributed by atoms with van der Waals surface area (Å²) in [4.78, 5) is 39.5. The number of hydrogen-bond donors (Lipinski definition) is 1. The quantitative estimate of drug-likeness (QED) is 0.346. The van der Waals surface area contributed by atoms with Crippen LogP contribution in [0.15, 0.2) is 24.3 Å². The third-order valence-electron chi connectivity index (χ3n) is 4.68. The highest BCUT2D eigenvalue weighted by Gasteiger charge is 2.54. The van der Waals surface area contributed by atoms with Crippen LogP contribution in [0.25, 0.3) is 11.1 Å². The number of nitro benzene ring substituents is 1. The summed E-state index contributed by atoms with van der Waals surface area (Å²) < 4.78 is 16.4. The number of aromatic nitrogens is 1. The average Bonchev–Trinajstić information content (AvgIpc) is 2.66. The second-order valence-electron chi connectivity index (χ2n) is 6.71. The van der Waals surface area contributed by atoms with Gasteiger partial charge in [0, 0.05) is 12.5 Å². The minimum absolute atomic E-state index is 0.0289. The van der Waals surface area contributed by atoms with Crippen LogP contribution < -0.4 is 5.30 Å². The van der Waals surface area contributed by atoms with Crippen molar-refractivity contribution in [2.45, 2.75) is 33.3 Å². The highest BCUT2D eigenvalue weighted by Crippen LogP contribution is 2.61. The molecule has 0 bridgehead atoms. The molecule has 154 valence electrons. The Labute approximate surface area is 168 Å². The van der Waals surface area contributed by atoms with E-state index < -0.39 is 18.8 Å². The van der Waals surface area contributed by atoms with Crippen LogP contribution in [0.5, 0.6) is 0 Å². The van der Waals surface area contributed by atoms with E-state index >= 15 is 0 Å². The standard InChI is InChI=1S/C19H22N2O7P/c1-11-9-10-27-29(25,28-11)18-13(3)20-12(2)16(19(22)26-4)17(18)14-7-5-6-8-15(14)21(23)24/h5-8,11,25H,9-10H2,1-4H3/q+1. The number of esters is 1. The Bertz CT molecular complexity index is 981. The van der Waals surface area contributed by atoms with E-state index in [-0.39, 0.29) is 40.4 Å². The molecule has 0 amide bonds. The molecule has 1 N–H and O–H groups in total. The summed E-state index contributed by atoms with van der Waals surface area (Å²) in [5.74, 6) is -0.721. The number of carbonyl (C=O) groups excluding carboxylic acids is 1. The highest BCUT2D eigenvalue weighted by molar-refractivity contribution is 7.69. The molecule has 2 aromatic rings. The van der Waals surface area contributed by atoms with Crippen LogP contribution >= 0.6 is 7.94 Å². The summed E-state index contributed by atoms with van der Waals surface area (Å²) in [5.41, 5.74) is 0.803. The number of benzene rings is 1. The molecule has 2 atom stereocenters. The molecule has 1 fully saturated rings. The van der Waals surface area contributed by atoms with Crippen molar-refractivity contribution in [3.05, 3.63) is 51.3 Å². The molecule has 1 aromatic carbocycles. The van der Waals surface area contributed by atoms with Crippen molar-refractivity contribution >= 4 is 24.9 Å². The van der Waals surface area contributed by atoms with Gasteiger partial charge in [-0.25, -0.2) is 4.79 Å². The van der Waals surface area contributed by atoms with E-state index in [0.29, 0.717) is 17.8 Å². The van der Waals surface area contributed by atoms with Gasteiger partial charge in [-0.05, 0) is 26.8 Å². The van der Waals surface area contributed by atoms with Gasteiger partial charge in [0.1, 0.15) is 12.7 Å². The summed E-state index contributed by atoms with van der Waals surface area (Å²) in [7, 11) is -2.44. The van der Waals surface area contributed by atoms with Crippen molar-refractivity contribution < 1.29 is 28.4 Å². The summed E-state index contributed by atoms with van der Waals surface area (Å²) >= 11 is 0. The Kier molecular flexibility index (Phi) is 5.95. The van der Waals surface area contributed by atoms with Gasteiger partial charge in [-0.1, -0.05) is 12.1 Å². The first-order valence-corrected chi connectivity index (χ1v) is 10.6.